The van der Waals surface area contributed by atoms with E-state index in [4.69, 9.17) is 9.47 Å². The highest BCUT2D eigenvalue weighted by atomic mass is 32.2. The zero-order chi connectivity index (χ0) is 29.6. The Bertz CT molecular complexity index is 1750. The van der Waals surface area contributed by atoms with E-state index in [0.29, 0.717) is 34.5 Å². The van der Waals surface area contributed by atoms with Gasteiger partial charge in [0.05, 0.1) is 17.6 Å². The number of carboxylic acids is 2. The van der Waals surface area contributed by atoms with Gasteiger partial charge in [0.25, 0.3) is 0 Å². The molecule has 3 N–H and O–H groups in total. The molecule has 0 aliphatic heterocycles. The Kier molecular flexibility index (Phi) is 8.97. The number of rotatable bonds is 12. The molecule has 0 aliphatic carbocycles. The largest absolute Gasteiger partial charge is 0.497 e. The number of aromatic nitrogens is 1. The topological polar surface area (TPSA) is 144 Å². The average molecular weight is 577 g/mol. The number of nitrogens with zero attached hydrogens (tertiary/aromatic N) is 1. The van der Waals surface area contributed by atoms with E-state index < -0.39 is 28.0 Å². The Hall–Kier alpha value is -4.79. The fourth-order valence-electron chi connectivity index (χ4n) is 4.33. The van der Waals surface area contributed by atoms with Gasteiger partial charge in [-0.15, -0.1) is 5.92 Å². The molecule has 4 aromatic rings. The first-order valence-electron chi connectivity index (χ1n) is 12.5. The van der Waals surface area contributed by atoms with Crippen molar-refractivity contribution in [2.24, 2.45) is 0 Å². The van der Waals surface area contributed by atoms with Crippen LogP contribution in [0.3, 0.4) is 0 Å². The molecule has 212 valence electrons. The second-order valence-corrected chi connectivity index (χ2v) is 10.8. The first kappa shape index (κ1) is 29.2. The maximum atomic E-state index is 13.1. The number of carboxylic acid groups (broad SMARTS) is 2. The van der Waals surface area contributed by atoms with Crippen molar-refractivity contribution < 1.29 is 37.7 Å². The Morgan fingerprint density at radius 1 is 1.02 bits per heavy atom. The van der Waals surface area contributed by atoms with Crippen LogP contribution < -0.4 is 14.2 Å². The quantitative estimate of drug-likeness (QED) is 0.216. The van der Waals surface area contributed by atoms with Crippen molar-refractivity contribution in [3.05, 3.63) is 89.6 Å². The minimum atomic E-state index is -4.22. The van der Waals surface area contributed by atoms with E-state index in [1.807, 2.05) is 28.8 Å². The lowest BCUT2D eigenvalue weighted by Gasteiger charge is -2.15. The smallest absolute Gasteiger partial charge is 0.335 e. The van der Waals surface area contributed by atoms with Gasteiger partial charge >= 0.3 is 11.9 Å². The fraction of sp³-hybridized carbons (Fsp3) is 0.200. The summed E-state index contributed by atoms with van der Waals surface area (Å²) >= 11 is 0. The third kappa shape index (κ3) is 7.05. The van der Waals surface area contributed by atoms with Crippen molar-refractivity contribution in [3.63, 3.8) is 0 Å². The molecule has 41 heavy (non-hydrogen) atoms. The van der Waals surface area contributed by atoms with Crippen LogP contribution in [-0.4, -0.2) is 54.9 Å². The van der Waals surface area contributed by atoms with Crippen LogP contribution in [-0.2, 0) is 27.8 Å². The summed E-state index contributed by atoms with van der Waals surface area (Å²) in [6.07, 6.45) is 1.49. The zero-order valence-electron chi connectivity index (χ0n) is 22.3. The molecule has 1 heterocycles. The van der Waals surface area contributed by atoms with E-state index in [-0.39, 0.29) is 23.5 Å². The lowest BCUT2D eigenvalue weighted by atomic mass is 10.0. The van der Waals surface area contributed by atoms with Crippen molar-refractivity contribution in [2.75, 3.05) is 13.7 Å². The van der Waals surface area contributed by atoms with Gasteiger partial charge in [-0.2, -0.15) is 4.72 Å². The Labute approximate surface area is 237 Å². The third-order valence-corrected chi connectivity index (χ3v) is 7.83. The van der Waals surface area contributed by atoms with Gasteiger partial charge in [0.2, 0.25) is 10.0 Å². The van der Waals surface area contributed by atoms with E-state index >= 15 is 0 Å². The number of sulfonamides is 1. The summed E-state index contributed by atoms with van der Waals surface area (Å²) in [5.74, 6) is 4.00. The van der Waals surface area contributed by atoms with Gasteiger partial charge in [-0.3, -0.25) is 4.79 Å². The molecule has 11 heteroatoms. The molecule has 0 saturated carbocycles. The molecule has 1 atom stereocenters. The molecule has 4 rings (SSSR count). The number of benzene rings is 3. The zero-order valence-corrected chi connectivity index (χ0v) is 23.1. The molecule has 0 fully saturated rings. The van der Waals surface area contributed by atoms with E-state index in [9.17, 15) is 28.2 Å². The second kappa shape index (κ2) is 12.6. The first-order valence-corrected chi connectivity index (χ1v) is 13.9. The van der Waals surface area contributed by atoms with Gasteiger partial charge in [0.15, 0.2) is 0 Å². The standard InChI is InChI=1S/C30H28N2O8S/c1-3-4-14-40-23-9-11-25(12-10-23)41(37,38)31-27(30(35)36)17-22-19-32(18-20-6-5-7-24(15-20)39-2)28-13-8-21(29(33)34)16-26(22)28/h5-13,15-16,19,27,31H,14,17-18H2,1-2H3,(H,33,34)(H,35,36)/t27-/m0/s1. The van der Waals surface area contributed by atoms with Gasteiger partial charge < -0.3 is 24.3 Å². The number of nitrogens with one attached hydrogen (secondary N) is 1. The SMILES string of the molecule is CC#CCOc1ccc(S(=O)(=O)N[C@@H](Cc2cn(Cc3cccc(OC)c3)c3ccc(C(=O)O)cc23)C(=O)O)cc1. The van der Waals surface area contributed by atoms with Gasteiger partial charge in [-0.1, -0.05) is 18.1 Å². The van der Waals surface area contributed by atoms with Crippen molar-refractivity contribution in [2.45, 2.75) is 30.8 Å². The van der Waals surface area contributed by atoms with Gasteiger partial charge in [-0.05, 0) is 72.6 Å². The molecule has 0 amide bonds. The molecule has 0 saturated heterocycles. The predicted octanol–water partition coefficient (Wildman–Crippen LogP) is 3.77. The lowest BCUT2D eigenvalue weighted by molar-refractivity contribution is -0.138. The van der Waals surface area contributed by atoms with Crippen LogP contribution in [0.4, 0.5) is 0 Å². The number of carbonyl (C=O) groups is 2. The number of aliphatic carboxylic acids is 1. The van der Waals surface area contributed by atoms with Crippen molar-refractivity contribution in [3.8, 4) is 23.3 Å². The molecule has 0 spiro atoms. The maximum absolute atomic E-state index is 13.1. The van der Waals surface area contributed by atoms with Crippen LogP contribution in [0.2, 0.25) is 0 Å². The van der Waals surface area contributed by atoms with Crippen LogP contribution >= 0.6 is 0 Å². The number of fused-ring (bicyclic) bond motifs is 1. The van der Waals surface area contributed by atoms with Crippen LogP contribution in [0.5, 0.6) is 11.5 Å². The molecule has 1 aromatic heterocycles. The number of ether oxygens (including phenoxy) is 2. The Morgan fingerprint density at radius 3 is 2.44 bits per heavy atom. The summed E-state index contributed by atoms with van der Waals surface area (Å²) < 4.78 is 41.0. The molecule has 0 radical (unpaired) electrons. The van der Waals surface area contributed by atoms with E-state index in [1.165, 1.54) is 36.4 Å². The highest BCUT2D eigenvalue weighted by molar-refractivity contribution is 7.89. The maximum Gasteiger partial charge on any atom is 0.335 e. The van der Waals surface area contributed by atoms with Crippen LogP contribution in [0, 0.1) is 11.8 Å². The van der Waals surface area contributed by atoms with Crippen molar-refractivity contribution >= 4 is 32.9 Å². The summed E-state index contributed by atoms with van der Waals surface area (Å²) in [6, 6.07) is 16.0. The Morgan fingerprint density at radius 2 is 1.78 bits per heavy atom. The molecule has 3 aromatic carbocycles. The van der Waals surface area contributed by atoms with Crippen molar-refractivity contribution in [1.29, 1.82) is 0 Å². The summed E-state index contributed by atoms with van der Waals surface area (Å²) in [7, 11) is -2.66. The highest BCUT2D eigenvalue weighted by Crippen LogP contribution is 2.27. The van der Waals surface area contributed by atoms with Crippen LogP contribution in [0.25, 0.3) is 10.9 Å². The van der Waals surface area contributed by atoms with Gasteiger partial charge in [0.1, 0.15) is 24.1 Å². The average Bonchev–Trinajstić information content (AvgIpc) is 3.29. The molecule has 0 aliphatic rings. The van der Waals surface area contributed by atoms with Gasteiger partial charge in [-0.25, -0.2) is 13.2 Å². The lowest BCUT2D eigenvalue weighted by Crippen LogP contribution is -2.42. The van der Waals surface area contributed by atoms with Crippen molar-refractivity contribution in [1.82, 2.24) is 9.29 Å². The molecule has 0 bridgehead atoms. The predicted molar refractivity (Wildman–Crippen MR) is 152 cm³/mol. The third-order valence-electron chi connectivity index (χ3n) is 6.34. The van der Waals surface area contributed by atoms with E-state index in [1.54, 1.807) is 26.3 Å². The minimum absolute atomic E-state index is 0.0255. The van der Waals surface area contributed by atoms with Crippen LogP contribution in [0.15, 0.2) is 77.8 Å². The fourth-order valence-corrected chi connectivity index (χ4v) is 5.52. The molecular weight excluding hydrogens is 548 g/mol. The summed E-state index contributed by atoms with van der Waals surface area (Å²) in [5, 5.41) is 20.0. The second-order valence-electron chi connectivity index (χ2n) is 9.07. The summed E-state index contributed by atoms with van der Waals surface area (Å²) in [5.41, 5.74) is 2.07. The molecule has 0 unspecified atom stereocenters. The van der Waals surface area contributed by atoms with E-state index in [2.05, 4.69) is 16.6 Å². The number of aromatic carboxylic acids is 1. The minimum Gasteiger partial charge on any atom is -0.497 e. The van der Waals surface area contributed by atoms with Gasteiger partial charge in [0, 0.05) is 30.1 Å². The summed E-state index contributed by atoms with van der Waals surface area (Å²) in [4.78, 5) is 23.8. The normalized spacial score (nSPS) is 11.9. The molecular formula is C30H28N2O8S. The monoisotopic (exact) mass is 576 g/mol. The highest BCUT2D eigenvalue weighted by Gasteiger charge is 2.27. The molecule has 10 nitrogen and oxygen atoms in total. The van der Waals surface area contributed by atoms with Crippen LogP contribution in [0.1, 0.15) is 28.4 Å². The van der Waals surface area contributed by atoms with E-state index in [0.717, 1.165) is 5.56 Å². The summed E-state index contributed by atoms with van der Waals surface area (Å²) in [6.45, 7) is 2.21. The first-order chi connectivity index (χ1) is 19.6. The Balaban J connectivity index is 1.64. The number of methoxy groups -OCH3 is 1. The number of hydrogen-bond acceptors (Lipinski definition) is 6. The number of hydrogen-bond donors (Lipinski definition) is 3.